The summed E-state index contributed by atoms with van der Waals surface area (Å²) in [6, 6.07) is 12.0. The lowest BCUT2D eigenvalue weighted by atomic mass is 10.0. The van der Waals surface area contributed by atoms with E-state index in [0.29, 0.717) is 15.2 Å². The van der Waals surface area contributed by atoms with Crippen molar-refractivity contribution in [3.8, 4) is 0 Å². The average Bonchev–Trinajstić information content (AvgIpc) is 3.20. The van der Waals surface area contributed by atoms with Crippen LogP contribution in [0.25, 0.3) is 0 Å². The number of aryl methyl sites for hydroxylation is 2. The third-order valence-electron chi connectivity index (χ3n) is 4.73. The Morgan fingerprint density at radius 3 is 2.28 bits per heavy atom. The summed E-state index contributed by atoms with van der Waals surface area (Å²) in [5.41, 5.74) is 3.99. The molecule has 4 N–H and O–H groups in total. The monoisotopic (exact) mass is 491 g/mol. The number of hydrogen-bond acceptors (Lipinski definition) is 8. The van der Waals surface area contributed by atoms with E-state index in [1.165, 1.54) is 58.5 Å². The first kappa shape index (κ1) is 24.2. The van der Waals surface area contributed by atoms with Crippen LogP contribution >= 0.6 is 23.1 Å². The van der Waals surface area contributed by atoms with E-state index in [2.05, 4.69) is 52.9 Å². The van der Waals surface area contributed by atoms with Gasteiger partial charge < -0.3 is 10.6 Å². The van der Waals surface area contributed by atoms with Crippen molar-refractivity contribution in [2.24, 2.45) is 5.14 Å². The van der Waals surface area contributed by atoms with Crippen LogP contribution in [0.5, 0.6) is 0 Å². The van der Waals surface area contributed by atoms with E-state index in [1.807, 2.05) is 0 Å². The molecule has 0 radical (unpaired) electrons. The van der Waals surface area contributed by atoms with E-state index in [0.717, 1.165) is 18.5 Å². The number of benzene rings is 2. The molecular formula is C21H25N5O3S3. The number of nitrogens with zero attached hydrogens (tertiary/aromatic N) is 2. The first-order valence-corrected chi connectivity index (χ1v) is 13.3. The third kappa shape index (κ3) is 6.06. The SMILES string of the molecule is CCc1cccc(CC)c1Nc1nnc(SC(C)C(=O)Nc2ccc(S(N)(=O)=O)cc2)s1. The van der Waals surface area contributed by atoms with Gasteiger partial charge in [-0.1, -0.05) is 55.1 Å². The van der Waals surface area contributed by atoms with Gasteiger partial charge in [-0.25, -0.2) is 13.6 Å². The molecule has 3 rings (SSSR count). The number of sulfonamides is 1. The van der Waals surface area contributed by atoms with Crippen LogP contribution in [-0.4, -0.2) is 29.8 Å². The Kier molecular flexibility index (Phi) is 7.88. The van der Waals surface area contributed by atoms with Crippen LogP contribution in [0, 0.1) is 0 Å². The highest BCUT2D eigenvalue weighted by Gasteiger charge is 2.18. The van der Waals surface area contributed by atoms with Gasteiger partial charge in [0.2, 0.25) is 21.1 Å². The second-order valence-corrected chi connectivity index (χ2v) is 11.1. The third-order valence-corrected chi connectivity index (χ3v) is 7.69. The number of amides is 1. The number of carbonyl (C=O) groups excluding carboxylic acids is 1. The normalized spacial score (nSPS) is 12.4. The van der Waals surface area contributed by atoms with Crippen molar-refractivity contribution < 1.29 is 13.2 Å². The van der Waals surface area contributed by atoms with Crippen LogP contribution in [0.4, 0.5) is 16.5 Å². The zero-order chi connectivity index (χ0) is 23.3. The van der Waals surface area contributed by atoms with Crippen molar-refractivity contribution in [3.05, 3.63) is 53.6 Å². The topological polar surface area (TPSA) is 127 Å². The second-order valence-electron chi connectivity index (χ2n) is 6.98. The average molecular weight is 492 g/mol. The summed E-state index contributed by atoms with van der Waals surface area (Å²) in [5, 5.41) is 19.9. The zero-order valence-electron chi connectivity index (χ0n) is 18.0. The van der Waals surface area contributed by atoms with Crippen molar-refractivity contribution in [2.45, 2.75) is 48.1 Å². The molecule has 0 aliphatic rings. The number of anilines is 3. The first-order valence-electron chi connectivity index (χ1n) is 10.0. The highest BCUT2D eigenvalue weighted by atomic mass is 32.2. The lowest BCUT2D eigenvalue weighted by Crippen LogP contribution is -2.22. The fourth-order valence-electron chi connectivity index (χ4n) is 2.99. The molecule has 170 valence electrons. The summed E-state index contributed by atoms with van der Waals surface area (Å²) in [6.07, 6.45) is 1.82. The molecular weight excluding hydrogens is 466 g/mol. The fraction of sp³-hybridized carbons (Fsp3) is 0.286. The molecule has 0 saturated heterocycles. The maximum atomic E-state index is 12.5. The molecule has 1 heterocycles. The summed E-state index contributed by atoms with van der Waals surface area (Å²) in [6.45, 7) is 6.00. The van der Waals surface area contributed by atoms with Gasteiger partial charge in [0.25, 0.3) is 0 Å². The van der Waals surface area contributed by atoms with Gasteiger partial charge in [0.1, 0.15) is 0 Å². The van der Waals surface area contributed by atoms with Gasteiger partial charge in [-0.05, 0) is 55.2 Å². The molecule has 1 unspecified atom stereocenters. The Labute approximate surface area is 196 Å². The number of primary sulfonamides is 1. The zero-order valence-corrected chi connectivity index (χ0v) is 20.4. The maximum absolute atomic E-state index is 12.5. The predicted molar refractivity (Wildman–Crippen MR) is 130 cm³/mol. The number of nitrogens with two attached hydrogens (primary N) is 1. The molecule has 0 fully saturated rings. The molecule has 32 heavy (non-hydrogen) atoms. The standard InChI is InChI=1S/C21H25N5O3S3/c1-4-14-7-6-8-15(5-2)18(14)24-20-25-26-21(31-20)30-13(3)19(27)23-16-9-11-17(12-10-16)32(22,28)29/h6-13H,4-5H2,1-3H3,(H,23,27)(H,24,25)(H2,22,28,29). The summed E-state index contributed by atoms with van der Waals surface area (Å²) >= 11 is 2.70. The van der Waals surface area contributed by atoms with Crippen LogP contribution in [0.3, 0.4) is 0 Å². The molecule has 0 aliphatic heterocycles. The predicted octanol–water partition coefficient (Wildman–Crippen LogP) is 4.17. The minimum absolute atomic E-state index is 0.0114. The van der Waals surface area contributed by atoms with Gasteiger partial charge >= 0.3 is 0 Å². The number of thioether (sulfide) groups is 1. The molecule has 0 saturated carbocycles. The van der Waals surface area contributed by atoms with Crippen molar-refractivity contribution in [3.63, 3.8) is 0 Å². The number of aromatic nitrogens is 2. The summed E-state index contributed by atoms with van der Waals surface area (Å²) < 4.78 is 23.3. The number of rotatable bonds is 9. The van der Waals surface area contributed by atoms with E-state index in [1.54, 1.807) is 6.92 Å². The molecule has 8 nitrogen and oxygen atoms in total. The minimum atomic E-state index is -3.77. The Morgan fingerprint density at radius 2 is 1.72 bits per heavy atom. The Hall–Kier alpha value is -2.47. The minimum Gasteiger partial charge on any atom is -0.330 e. The van der Waals surface area contributed by atoms with Gasteiger partial charge in [-0.3, -0.25) is 4.79 Å². The van der Waals surface area contributed by atoms with E-state index < -0.39 is 15.3 Å². The van der Waals surface area contributed by atoms with Crippen LogP contribution in [0.1, 0.15) is 31.9 Å². The maximum Gasteiger partial charge on any atom is 0.238 e. The highest BCUT2D eigenvalue weighted by Crippen LogP contribution is 2.33. The quantitative estimate of drug-likeness (QED) is 0.383. The van der Waals surface area contributed by atoms with Crippen molar-refractivity contribution in [1.29, 1.82) is 0 Å². The molecule has 0 spiro atoms. The Morgan fingerprint density at radius 1 is 1.09 bits per heavy atom. The summed E-state index contributed by atoms with van der Waals surface area (Å²) in [4.78, 5) is 12.5. The van der Waals surface area contributed by atoms with Gasteiger partial charge in [0.15, 0.2) is 4.34 Å². The fourth-order valence-corrected chi connectivity index (χ4v) is 5.41. The lowest BCUT2D eigenvalue weighted by Gasteiger charge is -2.13. The number of hydrogen-bond donors (Lipinski definition) is 3. The van der Waals surface area contributed by atoms with E-state index in [-0.39, 0.29) is 10.8 Å². The Bertz CT molecular complexity index is 1170. The molecule has 1 atom stereocenters. The van der Waals surface area contributed by atoms with Gasteiger partial charge in [-0.2, -0.15) is 0 Å². The summed E-state index contributed by atoms with van der Waals surface area (Å²) in [7, 11) is -3.77. The highest BCUT2D eigenvalue weighted by molar-refractivity contribution is 8.02. The number of nitrogens with one attached hydrogen (secondary N) is 2. The van der Waals surface area contributed by atoms with Crippen molar-refractivity contribution in [1.82, 2.24) is 10.2 Å². The Balaban J connectivity index is 1.63. The molecule has 1 amide bonds. The van der Waals surface area contributed by atoms with E-state index >= 15 is 0 Å². The largest absolute Gasteiger partial charge is 0.330 e. The van der Waals surface area contributed by atoms with Crippen molar-refractivity contribution >= 4 is 55.5 Å². The van der Waals surface area contributed by atoms with Crippen molar-refractivity contribution in [2.75, 3.05) is 10.6 Å². The smallest absolute Gasteiger partial charge is 0.238 e. The van der Waals surface area contributed by atoms with E-state index in [9.17, 15) is 13.2 Å². The molecule has 2 aromatic carbocycles. The lowest BCUT2D eigenvalue weighted by molar-refractivity contribution is -0.115. The van der Waals surface area contributed by atoms with Crippen LogP contribution in [0.15, 0.2) is 51.7 Å². The molecule has 0 aliphatic carbocycles. The molecule has 0 bridgehead atoms. The summed E-state index contributed by atoms with van der Waals surface area (Å²) in [5.74, 6) is -0.229. The van der Waals surface area contributed by atoms with E-state index in [4.69, 9.17) is 5.14 Å². The molecule has 11 heteroatoms. The molecule has 3 aromatic rings. The van der Waals surface area contributed by atoms with Crippen LogP contribution in [-0.2, 0) is 27.7 Å². The van der Waals surface area contributed by atoms with Crippen LogP contribution < -0.4 is 15.8 Å². The number of carbonyl (C=O) groups is 1. The molecule has 1 aromatic heterocycles. The van der Waals surface area contributed by atoms with Gasteiger partial charge in [0.05, 0.1) is 10.1 Å². The van der Waals surface area contributed by atoms with Gasteiger partial charge in [-0.15, -0.1) is 10.2 Å². The van der Waals surface area contributed by atoms with Gasteiger partial charge in [0, 0.05) is 11.4 Å². The second kappa shape index (κ2) is 10.4. The first-order chi connectivity index (χ1) is 15.2. The van der Waals surface area contributed by atoms with Crippen LogP contribution in [0.2, 0.25) is 0 Å². The number of para-hydroxylation sites is 1.